The van der Waals surface area contributed by atoms with Crippen LogP contribution in [-0.2, 0) is 24.2 Å². The van der Waals surface area contributed by atoms with Gasteiger partial charge in [-0.1, -0.05) is 19.1 Å². The number of benzene rings is 2. The molecular weight excluding hydrogens is 478 g/mol. The highest BCUT2D eigenvalue weighted by Crippen LogP contribution is 2.33. The summed E-state index contributed by atoms with van der Waals surface area (Å²) in [6.07, 6.45) is 2.85. The minimum absolute atomic E-state index is 0.0381. The Labute approximate surface area is 215 Å². The number of nitrogens with zero attached hydrogens (tertiary/aromatic N) is 4. The lowest BCUT2D eigenvalue weighted by Gasteiger charge is -2.33. The van der Waals surface area contributed by atoms with Gasteiger partial charge in [0.1, 0.15) is 11.6 Å². The lowest BCUT2D eigenvalue weighted by atomic mass is 9.99. The molecule has 1 amide bonds. The van der Waals surface area contributed by atoms with Crippen LogP contribution in [0.25, 0.3) is 0 Å². The molecule has 0 N–H and O–H groups in total. The molecule has 1 saturated heterocycles. The van der Waals surface area contributed by atoms with Crippen LogP contribution >= 0.6 is 0 Å². The van der Waals surface area contributed by atoms with Gasteiger partial charge >= 0.3 is 0 Å². The van der Waals surface area contributed by atoms with E-state index < -0.39 is 11.6 Å². The fraction of sp³-hybridized carbons (Fsp3) is 0.393. The van der Waals surface area contributed by atoms with Crippen molar-refractivity contribution in [2.24, 2.45) is 5.92 Å². The van der Waals surface area contributed by atoms with Gasteiger partial charge in [-0.15, -0.1) is 0 Å². The SMILES string of the molecule is COc1ccc(CC(=O)N2CCc3nc(N4CCC(C)CC4)nc(Oc4ccc(F)cc4F)c3C2)cc1. The van der Waals surface area contributed by atoms with Crippen molar-refractivity contribution in [1.82, 2.24) is 14.9 Å². The van der Waals surface area contributed by atoms with E-state index in [-0.39, 0.29) is 30.5 Å². The Bertz CT molecular complexity index is 1280. The van der Waals surface area contributed by atoms with Crippen LogP contribution in [0.5, 0.6) is 17.4 Å². The van der Waals surface area contributed by atoms with Crippen LogP contribution in [0.2, 0.25) is 0 Å². The number of ether oxygens (including phenoxy) is 2. The van der Waals surface area contributed by atoms with Gasteiger partial charge in [0.05, 0.1) is 31.3 Å². The van der Waals surface area contributed by atoms with Crippen molar-refractivity contribution >= 4 is 11.9 Å². The zero-order valence-electron chi connectivity index (χ0n) is 21.0. The van der Waals surface area contributed by atoms with Crippen molar-refractivity contribution in [3.63, 3.8) is 0 Å². The molecule has 0 saturated carbocycles. The molecule has 1 aromatic heterocycles. The minimum atomic E-state index is -0.816. The number of anilines is 1. The van der Waals surface area contributed by atoms with E-state index in [4.69, 9.17) is 14.5 Å². The molecule has 2 aromatic carbocycles. The van der Waals surface area contributed by atoms with Gasteiger partial charge < -0.3 is 19.3 Å². The lowest BCUT2D eigenvalue weighted by molar-refractivity contribution is -0.131. The third-order valence-electron chi connectivity index (χ3n) is 7.04. The number of halogens is 2. The zero-order chi connectivity index (χ0) is 25.9. The Balaban J connectivity index is 1.42. The van der Waals surface area contributed by atoms with Crippen LogP contribution < -0.4 is 14.4 Å². The predicted molar refractivity (Wildman–Crippen MR) is 135 cm³/mol. The predicted octanol–water partition coefficient (Wildman–Crippen LogP) is 4.92. The first-order valence-electron chi connectivity index (χ1n) is 12.6. The molecule has 7 nitrogen and oxygen atoms in total. The Morgan fingerprint density at radius 3 is 2.51 bits per heavy atom. The van der Waals surface area contributed by atoms with Gasteiger partial charge in [-0.25, -0.2) is 13.8 Å². The van der Waals surface area contributed by atoms with E-state index >= 15 is 0 Å². The van der Waals surface area contributed by atoms with Crippen molar-refractivity contribution < 1.29 is 23.0 Å². The maximum absolute atomic E-state index is 14.5. The molecule has 9 heteroatoms. The molecule has 0 aliphatic carbocycles. The summed E-state index contributed by atoms with van der Waals surface area (Å²) in [6, 6.07) is 10.6. The number of rotatable bonds is 6. The lowest BCUT2D eigenvalue weighted by Crippen LogP contribution is -2.39. The number of amides is 1. The average molecular weight is 509 g/mol. The van der Waals surface area contributed by atoms with Crippen molar-refractivity contribution in [2.45, 2.75) is 39.2 Å². The summed E-state index contributed by atoms with van der Waals surface area (Å²) in [6.45, 7) is 4.65. The maximum atomic E-state index is 14.5. The number of carbonyl (C=O) groups is 1. The second-order valence-corrected chi connectivity index (χ2v) is 9.69. The molecule has 37 heavy (non-hydrogen) atoms. The zero-order valence-corrected chi connectivity index (χ0v) is 21.0. The molecule has 2 aliphatic rings. The van der Waals surface area contributed by atoms with E-state index in [0.29, 0.717) is 30.4 Å². The van der Waals surface area contributed by atoms with Gasteiger partial charge in [0, 0.05) is 32.1 Å². The number of methoxy groups -OCH3 is 1. The highest BCUT2D eigenvalue weighted by atomic mass is 19.1. The Kier molecular flexibility index (Phi) is 7.21. The summed E-state index contributed by atoms with van der Waals surface area (Å²) in [7, 11) is 1.60. The van der Waals surface area contributed by atoms with Gasteiger partial charge in [0.15, 0.2) is 11.6 Å². The highest BCUT2D eigenvalue weighted by Gasteiger charge is 2.29. The summed E-state index contributed by atoms with van der Waals surface area (Å²) < 4.78 is 39.1. The number of hydrogen-bond acceptors (Lipinski definition) is 6. The van der Waals surface area contributed by atoms with Gasteiger partial charge in [-0.2, -0.15) is 4.98 Å². The third-order valence-corrected chi connectivity index (χ3v) is 7.04. The molecular formula is C28H30F2N4O3. The molecule has 2 aliphatic heterocycles. The molecule has 3 aromatic rings. The first-order chi connectivity index (χ1) is 17.9. The summed E-state index contributed by atoms with van der Waals surface area (Å²) in [5.74, 6) is 0.451. The first kappa shape index (κ1) is 24.9. The molecule has 5 rings (SSSR count). The van der Waals surface area contributed by atoms with Crippen LogP contribution in [0, 0.1) is 17.6 Å². The third kappa shape index (κ3) is 5.65. The van der Waals surface area contributed by atoms with Crippen molar-refractivity contribution in [1.29, 1.82) is 0 Å². The number of carbonyl (C=O) groups excluding carboxylic acids is 1. The minimum Gasteiger partial charge on any atom is -0.497 e. The van der Waals surface area contributed by atoms with E-state index in [2.05, 4.69) is 16.8 Å². The maximum Gasteiger partial charge on any atom is 0.229 e. The molecule has 3 heterocycles. The van der Waals surface area contributed by atoms with Gasteiger partial charge in [0.25, 0.3) is 0 Å². The molecule has 0 radical (unpaired) electrons. The van der Waals surface area contributed by atoms with E-state index in [9.17, 15) is 13.6 Å². The summed E-state index contributed by atoms with van der Waals surface area (Å²) >= 11 is 0. The number of aromatic nitrogens is 2. The van der Waals surface area contributed by atoms with Crippen molar-refractivity contribution in [3.05, 3.63) is 70.9 Å². The number of fused-ring (bicyclic) bond motifs is 1. The Hall–Kier alpha value is -3.75. The quantitative estimate of drug-likeness (QED) is 0.471. The average Bonchev–Trinajstić information content (AvgIpc) is 2.90. The van der Waals surface area contributed by atoms with E-state index in [0.717, 1.165) is 55.1 Å². The molecule has 1 fully saturated rings. The number of hydrogen-bond donors (Lipinski definition) is 0. The normalized spacial score (nSPS) is 15.9. The molecule has 0 bridgehead atoms. The summed E-state index contributed by atoms with van der Waals surface area (Å²) in [4.78, 5) is 26.5. The monoisotopic (exact) mass is 508 g/mol. The second kappa shape index (κ2) is 10.7. The van der Waals surface area contributed by atoms with Crippen molar-refractivity contribution in [2.75, 3.05) is 31.6 Å². The largest absolute Gasteiger partial charge is 0.497 e. The second-order valence-electron chi connectivity index (χ2n) is 9.69. The van der Waals surface area contributed by atoms with E-state index in [1.165, 1.54) is 6.07 Å². The fourth-order valence-corrected chi connectivity index (χ4v) is 4.71. The molecule has 0 unspecified atom stereocenters. The molecule has 194 valence electrons. The standard InChI is InChI=1S/C28H30F2N4O3/c1-18-9-12-33(13-10-18)28-31-24-11-14-34(26(35)15-19-3-6-21(36-2)7-4-19)17-22(24)27(32-28)37-25-8-5-20(29)16-23(25)30/h3-8,16,18H,9-15,17H2,1-2H3. The Morgan fingerprint density at radius 2 is 1.81 bits per heavy atom. The van der Waals surface area contributed by atoms with Crippen LogP contribution in [0.15, 0.2) is 42.5 Å². The van der Waals surface area contributed by atoms with Gasteiger partial charge in [-0.3, -0.25) is 4.79 Å². The van der Waals surface area contributed by atoms with Gasteiger partial charge in [-0.05, 0) is 48.6 Å². The highest BCUT2D eigenvalue weighted by molar-refractivity contribution is 5.79. The van der Waals surface area contributed by atoms with Crippen LogP contribution in [-0.4, -0.2) is 47.5 Å². The summed E-state index contributed by atoms with van der Waals surface area (Å²) in [5.41, 5.74) is 2.31. The van der Waals surface area contributed by atoms with Gasteiger partial charge in [0.2, 0.25) is 17.7 Å². The van der Waals surface area contributed by atoms with Crippen LogP contribution in [0.4, 0.5) is 14.7 Å². The molecule has 0 spiro atoms. The van der Waals surface area contributed by atoms with Crippen molar-refractivity contribution in [3.8, 4) is 17.4 Å². The van der Waals surface area contributed by atoms with E-state index in [1.54, 1.807) is 12.0 Å². The topological polar surface area (TPSA) is 67.8 Å². The van der Waals surface area contributed by atoms with E-state index in [1.807, 2.05) is 24.3 Å². The summed E-state index contributed by atoms with van der Waals surface area (Å²) in [5, 5.41) is 0. The van der Waals surface area contributed by atoms with Crippen LogP contribution in [0.3, 0.4) is 0 Å². The van der Waals surface area contributed by atoms with Crippen LogP contribution in [0.1, 0.15) is 36.6 Å². The fourth-order valence-electron chi connectivity index (χ4n) is 4.71. The first-order valence-corrected chi connectivity index (χ1v) is 12.6. The Morgan fingerprint density at radius 1 is 1.05 bits per heavy atom. The number of piperidine rings is 1. The smallest absolute Gasteiger partial charge is 0.229 e. The molecule has 0 atom stereocenters.